The van der Waals surface area contributed by atoms with Gasteiger partial charge in [0.25, 0.3) is 0 Å². The second-order valence-corrected chi connectivity index (χ2v) is 9.33. The van der Waals surface area contributed by atoms with Crippen molar-refractivity contribution in [3.63, 3.8) is 0 Å². The number of nitrogens with one attached hydrogen (secondary N) is 1. The molecule has 8 heteroatoms. The van der Waals surface area contributed by atoms with E-state index in [2.05, 4.69) is 28.3 Å². The summed E-state index contributed by atoms with van der Waals surface area (Å²) in [4.78, 5) is 3.84. The van der Waals surface area contributed by atoms with Gasteiger partial charge in [-0.15, -0.1) is 11.3 Å². The highest BCUT2D eigenvalue weighted by Gasteiger charge is 2.44. The van der Waals surface area contributed by atoms with Crippen LogP contribution >= 0.6 is 22.9 Å². The van der Waals surface area contributed by atoms with Crippen molar-refractivity contribution in [2.45, 2.75) is 57.1 Å². The van der Waals surface area contributed by atoms with Crippen LogP contribution in [0.5, 0.6) is 0 Å². The van der Waals surface area contributed by atoms with Crippen LogP contribution in [0.4, 0.5) is 0 Å². The Hall–Kier alpha value is -0.960. The van der Waals surface area contributed by atoms with Gasteiger partial charge in [-0.05, 0) is 44.9 Å². The monoisotopic (exact) mass is 410 g/mol. The molecular formula is C19H27ClN4O2S. The molecule has 1 spiro atoms. The molecule has 2 aromatic heterocycles. The summed E-state index contributed by atoms with van der Waals surface area (Å²) in [6.07, 6.45) is 6.29. The van der Waals surface area contributed by atoms with E-state index in [1.165, 1.54) is 16.0 Å². The Morgan fingerprint density at radius 2 is 2.41 bits per heavy atom. The zero-order valence-corrected chi connectivity index (χ0v) is 17.4. The first kappa shape index (κ1) is 19.4. The highest BCUT2D eigenvalue weighted by atomic mass is 35.5. The van der Waals surface area contributed by atoms with Gasteiger partial charge in [-0.3, -0.25) is 14.9 Å². The van der Waals surface area contributed by atoms with Gasteiger partial charge >= 0.3 is 0 Å². The van der Waals surface area contributed by atoms with Gasteiger partial charge < -0.3 is 9.84 Å². The van der Waals surface area contributed by atoms with Crippen LogP contribution in [0.2, 0.25) is 4.34 Å². The van der Waals surface area contributed by atoms with E-state index in [-0.39, 0.29) is 5.60 Å². The van der Waals surface area contributed by atoms with Crippen LogP contribution in [0.15, 0.2) is 18.5 Å². The van der Waals surface area contributed by atoms with Crippen molar-refractivity contribution in [2.24, 2.45) is 0 Å². The topological polar surface area (TPSA) is 62.5 Å². The average Bonchev–Trinajstić information content (AvgIpc) is 3.24. The maximum Gasteiger partial charge on any atom is 0.124 e. The average molecular weight is 411 g/mol. The maximum absolute atomic E-state index is 9.70. The van der Waals surface area contributed by atoms with E-state index in [4.69, 9.17) is 16.3 Å². The predicted molar refractivity (Wildman–Crippen MR) is 107 cm³/mol. The van der Waals surface area contributed by atoms with E-state index in [9.17, 15) is 5.11 Å². The largest absolute Gasteiger partial charge is 0.377 e. The second-order valence-electron chi connectivity index (χ2n) is 7.65. The molecule has 0 radical (unpaired) electrons. The quantitative estimate of drug-likeness (QED) is 0.742. The molecule has 4 rings (SSSR count). The van der Waals surface area contributed by atoms with Crippen LogP contribution in [0.3, 0.4) is 0 Å². The van der Waals surface area contributed by atoms with Crippen molar-refractivity contribution >= 4 is 22.9 Å². The number of likely N-dealkylation sites (tertiary alicyclic amines) is 1. The van der Waals surface area contributed by atoms with Crippen molar-refractivity contribution in [1.82, 2.24) is 20.0 Å². The minimum absolute atomic E-state index is 0.164. The Labute approximate surface area is 169 Å². The third-order valence-corrected chi connectivity index (χ3v) is 7.25. The molecule has 2 N–H and O–H groups in total. The molecule has 0 aliphatic carbocycles. The number of nitrogens with zero attached hydrogens (tertiary/aromatic N) is 3. The van der Waals surface area contributed by atoms with Gasteiger partial charge in [-0.1, -0.05) is 11.6 Å². The van der Waals surface area contributed by atoms with Crippen molar-refractivity contribution in [3.05, 3.63) is 38.8 Å². The number of likely N-dealkylation sites (N-methyl/N-ethyl adjacent to an activating group) is 1. The van der Waals surface area contributed by atoms with E-state index in [1.807, 2.05) is 12.4 Å². The summed E-state index contributed by atoms with van der Waals surface area (Å²) in [5.74, 6) is 0. The Morgan fingerprint density at radius 1 is 1.56 bits per heavy atom. The number of piperidine rings is 1. The standard InChI is InChI=1S/C19H27ClN4O2S/c1-13-8-19(18-15(3-6-26-19)7-16(20)27-18)4-5-23(13)10-14-9-22-24(11-14)12-17(25)21-2/h7,9,11,13,17,21,25H,3-6,8,10,12H2,1-2H3/t13-,17?,19+/m0/s1. The van der Waals surface area contributed by atoms with Crippen LogP contribution in [0, 0.1) is 0 Å². The first-order valence-corrected chi connectivity index (χ1v) is 10.7. The van der Waals surface area contributed by atoms with Crippen molar-refractivity contribution in [3.8, 4) is 0 Å². The molecule has 2 aromatic rings. The number of fused-ring (bicyclic) bond motifs is 2. The smallest absolute Gasteiger partial charge is 0.124 e. The molecule has 0 amide bonds. The number of aliphatic hydroxyl groups is 1. The van der Waals surface area contributed by atoms with Crippen molar-refractivity contribution < 1.29 is 9.84 Å². The van der Waals surface area contributed by atoms with Gasteiger partial charge in [0.15, 0.2) is 0 Å². The second kappa shape index (κ2) is 7.81. The lowest BCUT2D eigenvalue weighted by Crippen LogP contribution is -2.49. The van der Waals surface area contributed by atoms with Gasteiger partial charge in [0.1, 0.15) is 11.8 Å². The summed E-state index contributed by atoms with van der Waals surface area (Å²) >= 11 is 7.99. The molecule has 0 bridgehead atoms. The van der Waals surface area contributed by atoms with Gasteiger partial charge in [-0.25, -0.2) is 0 Å². The van der Waals surface area contributed by atoms with Gasteiger partial charge in [-0.2, -0.15) is 5.10 Å². The minimum Gasteiger partial charge on any atom is -0.377 e. The Bertz CT molecular complexity index is 795. The van der Waals surface area contributed by atoms with Crippen LogP contribution < -0.4 is 5.32 Å². The van der Waals surface area contributed by atoms with Gasteiger partial charge in [0.05, 0.1) is 23.7 Å². The summed E-state index contributed by atoms with van der Waals surface area (Å²) in [6.45, 7) is 5.37. The Kier molecular flexibility index (Phi) is 5.60. The maximum atomic E-state index is 9.70. The molecule has 1 saturated heterocycles. The van der Waals surface area contributed by atoms with Crippen molar-refractivity contribution in [1.29, 1.82) is 0 Å². The first-order chi connectivity index (χ1) is 13.0. The number of aliphatic hydroxyl groups excluding tert-OH is 1. The van der Waals surface area contributed by atoms with Crippen LogP contribution in [0.1, 0.15) is 35.8 Å². The van der Waals surface area contributed by atoms with Gasteiger partial charge in [0.2, 0.25) is 0 Å². The number of hydrogen-bond acceptors (Lipinski definition) is 6. The molecule has 4 heterocycles. The molecule has 6 nitrogen and oxygen atoms in total. The van der Waals surface area contributed by atoms with Crippen LogP contribution in [-0.2, 0) is 29.8 Å². The number of halogens is 1. The van der Waals surface area contributed by atoms with Gasteiger partial charge in [0, 0.05) is 35.8 Å². The predicted octanol–water partition coefficient (Wildman–Crippen LogP) is 2.59. The summed E-state index contributed by atoms with van der Waals surface area (Å²) in [5.41, 5.74) is 2.38. The summed E-state index contributed by atoms with van der Waals surface area (Å²) in [7, 11) is 1.74. The third kappa shape index (κ3) is 3.95. The van der Waals surface area contributed by atoms with E-state index < -0.39 is 6.23 Å². The zero-order valence-electron chi connectivity index (χ0n) is 15.8. The minimum atomic E-state index is -0.582. The molecule has 148 valence electrons. The van der Waals surface area contributed by atoms with Crippen molar-refractivity contribution in [2.75, 3.05) is 20.2 Å². The molecular weight excluding hydrogens is 384 g/mol. The van der Waals surface area contributed by atoms with Crippen LogP contribution in [-0.4, -0.2) is 52.3 Å². The lowest BCUT2D eigenvalue weighted by molar-refractivity contribution is -0.110. The molecule has 0 saturated carbocycles. The lowest BCUT2D eigenvalue weighted by Gasteiger charge is -2.47. The van der Waals surface area contributed by atoms with E-state index in [1.54, 1.807) is 23.1 Å². The molecule has 27 heavy (non-hydrogen) atoms. The number of hydrogen-bond donors (Lipinski definition) is 2. The molecule has 0 aromatic carbocycles. The number of thiophene rings is 1. The molecule has 2 aliphatic heterocycles. The summed E-state index contributed by atoms with van der Waals surface area (Å²) in [5, 5.41) is 16.9. The first-order valence-electron chi connectivity index (χ1n) is 9.52. The SMILES string of the molecule is CNC(O)Cn1cc(CN2CC[C@]3(C[C@@H]2C)OCCc2cc(Cl)sc23)cn1. The summed E-state index contributed by atoms with van der Waals surface area (Å²) < 4.78 is 9.01. The Morgan fingerprint density at radius 3 is 3.19 bits per heavy atom. The number of aromatic nitrogens is 2. The molecule has 2 aliphatic rings. The van der Waals surface area contributed by atoms with Crippen LogP contribution in [0.25, 0.3) is 0 Å². The molecule has 3 atom stereocenters. The normalized spacial score (nSPS) is 27.0. The lowest BCUT2D eigenvalue weighted by atomic mass is 9.82. The number of ether oxygens (including phenoxy) is 1. The fraction of sp³-hybridized carbons (Fsp3) is 0.632. The third-order valence-electron chi connectivity index (χ3n) is 5.76. The van der Waals surface area contributed by atoms with E-state index >= 15 is 0 Å². The van der Waals surface area contributed by atoms with E-state index in [0.717, 1.165) is 43.3 Å². The highest BCUT2D eigenvalue weighted by Crippen LogP contribution is 2.48. The number of rotatable bonds is 5. The van der Waals surface area contributed by atoms with E-state index in [0.29, 0.717) is 12.6 Å². The molecule has 1 unspecified atom stereocenters. The fourth-order valence-electron chi connectivity index (χ4n) is 4.30. The highest BCUT2D eigenvalue weighted by molar-refractivity contribution is 7.16. The fourth-order valence-corrected chi connectivity index (χ4v) is 5.79. The zero-order chi connectivity index (χ0) is 19.0. The molecule has 1 fully saturated rings. The Balaban J connectivity index is 1.43. The summed E-state index contributed by atoms with van der Waals surface area (Å²) in [6, 6.07) is 2.54.